The molecule has 27 heavy (non-hydrogen) atoms. The van der Waals surface area contributed by atoms with Crippen molar-refractivity contribution < 1.29 is 4.79 Å². The van der Waals surface area contributed by atoms with Crippen LogP contribution in [0.25, 0.3) is 16.7 Å². The van der Waals surface area contributed by atoms with E-state index in [-0.39, 0.29) is 5.91 Å². The number of halogens is 1. The van der Waals surface area contributed by atoms with Gasteiger partial charge in [0, 0.05) is 17.0 Å². The molecule has 2 heterocycles. The maximum Gasteiger partial charge on any atom is 0.255 e. The highest BCUT2D eigenvalue weighted by atomic mass is 35.5. The number of rotatable bonds is 4. The molecule has 1 N–H and O–H groups in total. The molecule has 0 unspecified atom stereocenters. The summed E-state index contributed by atoms with van der Waals surface area (Å²) < 4.78 is 1.68. The van der Waals surface area contributed by atoms with Gasteiger partial charge in [0.25, 0.3) is 5.91 Å². The number of para-hydroxylation sites is 1. The summed E-state index contributed by atoms with van der Waals surface area (Å²) in [4.78, 5) is 17.2. The summed E-state index contributed by atoms with van der Waals surface area (Å²) in [5.41, 5.74) is 3.14. The van der Waals surface area contributed by atoms with E-state index in [1.165, 1.54) is 0 Å². The molecule has 134 valence electrons. The van der Waals surface area contributed by atoms with Gasteiger partial charge in [0.1, 0.15) is 0 Å². The van der Waals surface area contributed by atoms with Crippen LogP contribution in [-0.4, -0.2) is 20.7 Å². The van der Waals surface area contributed by atoms with Crippen molar-refractivity contribution >= 4 is 28.4 Å². The van der Waals surface area contributed by atoms with E-state index >= 15 is 0 Å². The van der Waals surface area contributed by atoms with Crippen LogP contribution in [0.5, 0.6) is 0 Å². The van der Waals surface area contributed by atoms with Crippen molar-refractivity contribution in [3.8, 4) is 5.82 Å². The number of nitrogens with one attached hydrogen (secondary N) is 1. The molecular weight excluding hydrogens is 360 g/mol. The largest absolute Gasteiger partial charge is 0.348 e. The van der Waals surface area contributed by atoms with Crippen LogP contribution in [0.3, 0.4) is 0 Å². The molecule has 0 aliphatic carbocycles. The first kappa shape index (κ1) is 17.2. The number of carbonyl (C=O) groups is 1. The van der Waals surface area contributed by atoms with Crippen LogP contribution >= 0.6 is 11.6 Å². The molecule has 0 saturated carbocycles. The normalized spacial score (nSPS) is 10.9. The van der Waals surface area contributed by atoms with Gasteiger partial charge in [0.15, 0.2) is 5.82 Å². The summed E-state index contributed by atoms with van der Waals surface area (Å²) in [6, 6.07) is 19.2. The third kappa shape index (κ3) is 3.55. The molecule has 2 aromatic heterocycles. The van der Waals surface area contributed by atoms with E-state index < -0.39 is 0 Å². The van der Waals surface area contributed by atoms with Gasteiger partial charge < -0.3 is 5.32 Å². The van der Waals surface area contributed by atoms with E-state index in [1.807, 2.05) is 55.5 Å². The molecule has 0 spiro atoms. The Morgan fingerprint density at radius 1 is 1.07 bits per heavy atom. The minimum atomic E-state index is -0.172. The van der Waals surface area contributed by atoms with E-state index in [9.17, 15) is 4.79 Å². The van der Waals surface area contributed by atoms with Gasteiger partial charge in [-0.15, -0.1) is 0 Å². The van der Waals surface area contributed by atoms with Gasteiger partial charge in [-0.05, 0) is 42.8 Å². The summed E-state index contributed by atoms with van der Waals surface area (Å²) in [6.07, 6.45) is 1.57. The molecule has 0 saturated heterocycles. The fourth-order valence-corrected chi connectivity index (χ4v) is 3.04. The first-order valence-electron chi connectivity index (χ1n) is 8.55. The average Bonchev–Trinajstić information content (AvgIpc) is 3.08. The van der Waals surface area contributed by atoms with E-state index in [1.54, 1.807) is 23.0 Å². The Morgan fingerprint density at radius 3 is 2.67 bits per heavy atom. The van der Waals surface area contributed by atoms with Gasteiger partial charge in [-0.2, -0.15) is 5.10 Å². The van der Waals surface area contributed by atoms with Crippen molar-refractivity contribution in [1.29, 1.82) is 0 Å². The van der Waals surface area contributed by atoms with Crippen LogP contribution in [-0.2, 0) is 6.54 Å². The molecule has 4 rings (SSSR count). The quantitative estimate of drug-likeness (QED) is 0.577. The lowest BCUT2D eigenvalue weighted by molar-refractivity contribution is 0.0950. The van der Waals surface area contributed by atoms with Gasteiger partial charge in [-0.3, -0.25) is 4.79 Å². The SMILES string of the molecule is Cc1c(C(=O)NCc2ccc(Cl)cc2)cnn1-c1ccc2ccccc2n1. The van der Waals surface area contributed by atoms with Crippen LogP contribution in [0.15, 0.2) is 66.9 Å². The third-order valence-corrected chi connectivity index (χ3v) is 4.67. The smallest absolute Gasteiger partial charge is 0.255 e. The summed E-state index contributed by atoms with van der Waals surface area (Å²) in [6.45, 7) is 2.29. The maximum absolute atomic E-state index is 12.6. The topological polar surface area (TPSA) is 59.8 Å². The van der Waals surface area contributed by atoms with Crippen molar-refractivity contribution in [1.82, 2.24) is 20.1 Å². The van der Waals surface area contributed by atoms with Crippen molar-refractivity contribution in [2.24, 2.45) is 0 Å². The second-order valence-corrected chi connectivity index (χ2v) is 6.66. The number of pyridine rings is 1. The first-order valence-corrected chi connectivity index (χ1v) is 8.93. The average molecular weight is 377 g/mol. The number of benzene rings is 2. The van der Waals surface area contributed by atoms with Gasteiger partial charge in [-0.25, -0.2) is 9.67 Å². The van der Waals surface area contributed by atoms with E-state index in [4.69, 9.17) is 11.6 Å². The Morgan fingerprint density at radius 2 is 1.85 bits per heavy atom. The molecule has 0 radical (unpaired) electrons. The summed E-state index contributed by atoms with van der Waals surface area (Å²) >= 11 is 5.88. The van der Waals surface area contributed by atoms with E-state index in [0.717, 1.165) is 22.2 Å². The number of amides is 1. The van der Waals surface area contributed by atoms with Crippen molar-refractivity contribution in [3.63, 3.8) is 0 Å². The summed E-state index contributed by atoms with van der Waals surface area (Å²) in [7, 11) is 0. The van der Waals surface area contributed by atoms with Crippen molar-refractivity contribution in [2.75, 3.05) is 0 Å². The Balaban J connectivity index is 1.55. The lowest BCUT2D eigenvalue weighted by Gasteiger charge is -2.07. The van der Waals surface area contributed by atoms with Crippen molar-refractivity contribution in [3.05, 3.63) is 88.7 Å². The summed E-state index contributed by atoms with van der Waals surface area (Å²) in [5, 5.41) is 9.00. The minimum Gasteiger partial charge on any atom is -0.348 e. The lowest BCUT2D eigenvalue weighted by Crippen LogP contribution is -2.23. The molecule has 6 heteroatoms. The predicted molar refractivity (Wildman–Crippen MR) is 106 cm³/mol. The Kier molecular flexibility index (Phi) is 4.60. The zero-order valence-electron chi connectivity index (χ0n) is 14.7. The second-order valence-electron chi connectivity index (χ2n) is 6.23. The van der Waals surface area contributed by atoms with E-state index in [0.29, 0.717) is 22.9 Å². The van der Waals surface area contributed by atoms with Crippen LogP contribution < -0.4 is 5.32 Å². The van der Waals surface area contributed by atoms with Crippen LogP contribution in [0, 0.1) is 6.92 Å². The number of carbonyl (C=O) groups excluding carboxylic acids is 1. The van der Waals surface area contributed by atoms with Gasteiger partial charge in [-0.1, -0.05) is 41.9 Å². The molecule has 0 aliphatic heterocycles. The monoisotopic (exact) mass is 376 g/mol. The van der Waals surface area contributed by atoms with Crippen LogP contribution in [0.1, 0.15) is 21.6 Å². The highest BCUT2D eigenvalue weighted by Crippen LogP contribution is 2.17. The molecule has 0 atom stereocenters. The highest BCUT2D eigenvalue weighted by molar-refractivity contribution is 6.30. The predicted octanol–water partition coefficient (Wildman–Crippen LogP) is 4.31. The Hall–Kier alpha value is -3.18. The third-order valence-electron chi connectivity index (χ3n) is 4.42. The lowest BCUT2D eigenvalue weighted by atomic mass is 10.2. The van der Waals surface area contributed by atoms with Gasteiger partial charge >= 0.3 is 0 Å². The van der Waals surface area contributed by atoms with Gasteiger partial charge in [0.2, 0.25) is 0 Å². The van der Waals surface area contributed by atoms with E-state index in [2.05, 4.69) is 15.4 Å². The number of aromatic nitrogens is 3. The fourth-order valence-electron chi connectivity index (χ4n) is 2.92. The van der Waals surface area contributed by atoms with Crippen molar-refractivity contribution in [2.45, 2.75) is 13.5 Å². The Bertz CT molecular complexity index is 1120. The molecule has 0 fully saturated rings. The Labute approximate surface area is 161 Å². The summed E-state index contributed by atoms with van der Waals surface area (Å²) in [5.74, 6) is 0.512. The van der Waals surface area contributed by atoms with Gasteiger partial charge in [0.05, 0.1) is 23.0 Å². The zero-order chi connectivity index (χ0) is 18.8. The molecule has 5 nitrogen and oxygen atoms in total. The highest BCUT2D eigenvalue weighted by Gasteiger charge is 2.15. The van der Waals surface area contributed by atoms with Crippen LogP contribution in [0.2, 0.25) is 5.02 Å². The molecule has 0 aliphatic rings. The molecular formula is C21H17ClN4O. The number of hydrogen-bond acceptors (Lipinski definition) is 3. The zero-order valence-corrected chi connectivity index (χ0v) is 15.4. The minimum absolute atomic E-state index is 0.172. The molecule has 0 bridgehead atoms. The molecule has 1 amide bonds. The molecule has 4 aromatic rings. The first-order chi connectivity index (χ1) is 13.1. The van der Waals surface area contributed by atoms with Crippen LogP contribution in [0.4, 0.5) is 0 Å². The number of nitrogens with zero attached hydrogens (tertiary/aromatic N) is 3. The number of hydrogen-bond donors (Lipinski definition) is 1. The number of fused-ring (bicyclic) bond motifs is 1. The molecule has 2 aromatic carbocycles. The standard InChI is InChI=1S/C21H17ClN4O/c1-14-18(21(27)23-12-15-6-9-17(22)10-7-15)13-24-26(14)20-11-8-16-4-2-3-5-19(16)25-20/h2-11,13H,12H2,1H3,(H,23,27). The second kappa shape index (κ2) is 7.21. The fraction of sp³-hybridized carbons (Fsp3) is 0.0952. The maximum atomic E-state index is 12.6.